The molecule has 1 aliphatic heterocycles. The first-order chi connectivity index (χ1) is 8.66. The molecule has 0 saturated carbocycles. The molecule has 1 aromatic carbocycles. The van der Waals surface area contributed by atoms with Gasteiger partial charge < -0.3 is 14.2 Å². The lowest BCUT2D eigenvalue weighted by Crippen LogP contribution is -2.37. The Kier molecular flexibility index (Phi) is 3.21. The van der Waals surface area contributed by atoms with Gasteiger partial charge in [-0.1, -0.05) is 27.5 Å². The van der Waals surface area contributed by atoms with Crippen molar-refractivity contribution in [3.05, 3.63) is 21.6 Å². The predicted molar refractivity (Wildman–Crippen MR) is 76.5 cm³/mol. The number of anilines is 1. The van der Waals surface area contributed by atoms with Crippen LogP contribution in [0.3, 0.4) is 0 Å². The van der Waals surface area contributed by atoms with E-state index in [0.29, 0.717) is 5.02 Å². The highest BCUT2D eigenvalue weighted by Gasteiger charge is 2.19. The van der Waals surface area contributed by atoms with Crippen molar-refractivity contribution in [2.24, 2.45) is 7.05 Å². The number of rotatable bonds is 1. The second kappa shape index (κ2) is 4.72. The second-order valence-corrected chi connectivity index (χ2v) is 5.65. The van der Waals surface area contributed by atoms with Gasteiger partial charge in [-0.15, -0.1) is 0 Å². The van der Waals surface area contributed by atoms with Crippen LogP contribution < -0.4 is 4.90 Å². The zero-order valence-corrected chi connectivity index (χ0v) is 12.3. The molecule has 6 heteroatoms. The minimum Gasteiger partial charge on any atom is -0.378 e. The van der Waals surface area contributed by atoms with Crippen molar-refractivity contribution in [3.63, 3.8) is 0 Å². The molecule has 4 nitrogen and oxygen atoms in total. The van der Waals surface area contributed by atoms with Gasteiger partial charge >= 0.3 is 0 Å². The molecule has 96 valence electrons. The molecular formula is C12H13BrClN3O. The molecule has 2 aromatic rings. The van der Waals surface area contributed by atoms with Gasteiger partial charge in [-0.2, -0.15) is 0 Å². The van der Waals surface area contributed by atoms with Crippen molar-refractivity contribution in [2.75, 3.05) is 31.2 Å². The van der Waals surface area contributed by atoms with Crippen molar-refractivity contribution in [2.45, 2.75) is 0 Å². The highest BCUT2D eigenvalue weighted by molar-refractivity contribution is 9.10. The van der Waals surface area contributed by atoms with Crippen molar-refractivity contribution in [1.29, 1.82) is 0 Å². The van der Waals surface area contributed by atoms with Crippen LogP contribution in [-0.4, -0.2) is 35.9 Å². The molecule has 2 heterocycles. The number of nitrogens with zero attached hydrogens (tertiary/aromatic N) is 3. The number of halogens is 2. The molecule has 1 fully saturated rings. The highest BCUT2D eigenvalue weighted by atomic mass is 79.9. The zero-order valence-electron chi connectivity index (χ0n) is 9.99. The predicted octanol–water partition coefficient (Wildman–Crippen LogP) is 2.83. The average Bonchev–Trinajstić information content (AvgIpc) is 2.69. The van der Waals surface area contributed by atoms with E-state index in [1.54, 1.807) is 0 Å². The normalized spacial score (nSPS) is 16.5. The fourth-order valence-electron chi connectivity index (χ4n) is 2.25. The first-order valence-corrected chi connectivity index (χ1v) is 6.98. The smallest absolute Gasteiger partial charge is 0.206 e. The van der Waals surface area contributed by atoms with E-state index in [1.165, 1.54) is 0 Å². The summed E-state index contributed by atoms with van der Waals surface area (Å²) in [6.07, 6.45) is 0. The van der Waals surface area contributed by atoms with Crippen LogP contribution in [0.2, 0.25) is 5.02 Å². The number of ether oxygens (including phenoxy) is 1. The number of benzene rings is 1. The molecule has 0 bridgehead atoms. The van der Waals surface area contributed by atoms with Gasteiger partial charge in [0.15, 0.2) is 0 Å². The van der Waals surface area contributed by atoms with Crippen molar-refractivity contribution >= 4 is 44.5 Å². The van der Waals surface area contributed by atoms with Gasteiger partial charge in [0, 0.05) is 24.6 Å². The van der Waals surface area contributed by atoms with E-state index in [-0.39, 0.29) is 0 Å². The van der Waals surface area contributed by atoms with Crippen molar-refractivity contribution < 1.29 is 4.74 Å². The molecule has 0 unspecified atom stereocenters. The second-order valence-electron chi connectivity index (χ2n) is 4.33. The molecule has 3 rings (SSSR count). The van der Waals surface area contributed by atoms with Gasteiger partial charge in [0.2, 0.25) is 5.95 Å². The fourth-order valence-corrected chi connectivity index (χ4v) is 3.08. The number of morpholine rings is 1. The summed E-state index contributed by atoms with van der Waals surface area (Å²) < 4.78 is 8.42. The Morgan fingerprint density at radius 2 is 2.06 bits per heavy atom. The Morgan fingerprint density at radius 3 is 2.78 bits per heavy atom. The van der Waals surface area contributed by atoms with E-state index in [1.807, 2.05) is 19.2 Å². The number of fused-ring (bicyclic) bond motifs is 1. The van der Waals surface area contributed by atoms with E-state index in [2.05, 4.69) is 30.4 Å². The Labute approximate surface area is 119 Å². The number of aryl methyl sites for hydroxylation is 1. The maximum atomic E-state index is 6.24. The molecule has 0 spiro atoms. The Bertz CT molecular complexity index is 593. The highest BCUT2D eigenvalue weighted by Crippen LogP contribution is 2.30. The molecule has 1 saturated heterocycles. The summed E-state index contributed by atoms with van der Waals surface area (Å²) in [5.74, 6) is 0.952. The monoisotopic (exact) mass is 329 g/mol. The van der Waals surface area contributed by atoms with Gasteiger partial charge in [-0.25, -0.2) is 4.98 Å². The topological polar surface area (TPSA) is 30.3 Å². The molecule has 0 aliphatic carbocycles. The Hall–Kier alpha value is -0.780. The number of aromatic nitrogens is 2. The summed E-state index contributed by atoms with van der Waals surface area (Å²) in [6.45, 7) is 3.24. The van der Waals surface area contributed by atoms with Gasteiger partial charge in [-0.05, 0) is 12.1 Å². The largest absolute Gasteiger partial charge is 0.378 e. The van der Waals surface area contributed by atoms with E-state index in [9.17, 15) is 0 Å². The summed E-state index contributed by atoms with van der Waals surface area (Å²) in [7, 11) is 2.02. The van der Waals surface area contributed by atoms with Gasteiger partial charge in [0.05, 0.1) is 23.8 Å². The van der Waals surface area contributed by atoms with Gasteiger partial charge in [0.1, 0.15) is 5.52 Å². The quantitative estimate of drug-likeness (QED) is 0.805. The third-order valence-electron chi connectivity index (χ3n) is 3.18. The maximum absolute atomic E-state index is 6.24. The first-order valence-electron chi connectivity index (χ1n) is 5.81. The minimum atomic E-state index is 0.675. The lowest BCUT2D eigenvalue weighted by Gasteiger charge is -2.27. The third-order valence-corrected chi connectivity index (χ3v) is 3.92. The van der Waals surface area contributed by atoms with Crippen LogP contribution in [-0.2, 0) is 11.8 Å². The minimum absolute atomic E-state index is 0.675. The van der Waals surface area contributed by atoms with Gasteiger partial charge in [0.25, 0.3) is 0 Å². The Morgan fingerprint density at radius 1 is 1.33 bits per heavy atom. The average molecular weight is 331 g/mol. The lowest BCUT2D eigenvalue weighted by molar-refractivity contribution is 0.122. The molecule has 0 atom stereocenters. The number of hydrogen-bond acceptors (Lipinski definition) is 3. The first kappa shape index (κ1) is 12.3. The SMILES string of the molecule is Cn1c(N2CCOCC2)nc2c(Cl)cc(Br)cc21. The van der Waals surface area contributed by atoms with E-state index < -0.39 is 0 Å². The van der Waals surface area contributed by atoms with E-state index >= 15 is 0 Å². The molecule has 1 aliphatic rings. The summed E-state index contributed by atoms with van der Waals surface area (Å²) in [5.41, 5.74) is 1.89. The molecule has 1 aromatic heterocycles. The standard InChI is InChI=1S/C12H13BrClN3O/c1-16-10-7-8(13)6-9(14)11(10)15-12(16)17-2-4-18-5-3-17/h6-7H,2-5H2,1H3. The molecule has 0 N–H and O–H groups in total. The number of hydrogen-bond donors (Lipinski definition) is 0. The summed E-state index contributed by atoms with van der Waals surface area (Å²) >= 11 is 9.70. The van der Waals surface area contributed by atoms with E-state index in [4.69, 9.17) is 16.3 Å². The van der Waals surface area contributed by atoms with Crippen molar-refractivity contribution in [1.82, 2.24) is 9.55 Å². The van der Waals surface area contributed by atoms with Crippen LogP contribution in [0.1, 0.15) is 0 Å². The summed E-state index contributed by atoms with van der Waals surface area (Å²) in [6, 6.07) is 3.91. The van der Waals surface area contributed by atoms with Crippen molar-refractivity contribution in [3.8, 4) is 0 Å². The van der Waals surface area contributed by atoms with Crippen LogP contribution in [0.15, 0.2) is 16.6 Å². The lowest BCUT2D eigenvalue weighted by atomic mass is 10.3. The third kappa shape index (κ3) is 2.00. The Balaban J connectivity index is 2.13. The van der Waals surface area contributed by atoms with Crippen LogP contribution in [0.5, 0.6) is 0 Å². The van der Waals surface area contributed by atoms with Crippen LogP contribution in [0.4, 0.5) is 5.95 Å². The van der Waals surface area contributed by atoms with E-state index in [0.717, 1.165) is 47.8 Å². The molecule has 18 heavy (non-hydrogen) atoms. The maximum Gasteiger partial charge on any atom is 0.206 e. The zero-order chi connectivity index (χ0) is 12.7. The fraction of sp³-hybridized carbons (Fsp3) is 0.417. The van der Waals surface area contributed by atoms with Crippen LogP contribution >= 0.6 is 27.5 Å². The van der Waals surface area contributed by atoms with Crippen LogP contribution in [0.25, 0.3) is 11.0 Å². The van der Waals surface area contributed by atoms with Gasteiger partial charge in [-0.3, -0.25) is 0 Å². The molecule has 0 amide bonds. The number of imidazole rings is 1. The van der Waals surface area contributed by atoms with Crippen LogP contribution in [0, 0.1) is 0 Å². The summed E-state index contributed by atoms with van der Waals surface area (Å²) in [5, 5.41) is 0.675. The molecular weight excluding hydrogens is 318 g/mol. The summed E-state index contributed by atoms with van der Waals surface area (Å²) in [4.78, 5) is 6.89. The molecule has 0 radical (unpaired) electrons.